The Balaban J connectivity index is 2.16. The second-order valence-corrected chi connectivity index (χ2v) is 11.1. The van der Waals surface area contributed by atoms with E-state index < -0.39 is 29.9 Å². The highest BCUT2D eigenvalue weighted by molar-refractivity contribution is 5.94. The van der Waals surface area contributed by atoms with E-state index in [0.29, 0.717) is 58.0 Å². The van der Waals surface area contributed by atoms with Crippen LogP contribution in [0.3, 0.4) is 0 Å². The van der Waals surface area contributed by atoms with Gasteiger partial charge in [0.1, 0.15) is 18.1 Å². The number of guanidine groups is 1. The SMILES string of the molecule is NCCCC[C@H](NC(=O)Cc1ccccc1)C(=O)N[C@@H](CCCCN)C(=O)N[C@@H](CCCN=C(N)N)C(=O)NCc1ccccc1. The van der Waals surface area contributed by atoms with Crippen LogP contribution in [0.2, 0.25) is 0 Å². The second-order valence-electron chi connectivity index (χ2n) is 11.1. The number of hydrogen-bond donors (Lipinski definition) is 8. The van der Waals surface area contributed by atoms with E-state index in [-0.39, 0.29) is 43.7 Å². The molecule has 0 saturated carbocycles. The van der Waals surface area contributed by atoms with E-state index in [1.54, 1.807) is 0 Å². The van der Waals surface area contributed by atoms with Crippen LogP contribution in [0.15, 0.2) is 65.7 Å². The Morgan fingerprint density at radius 3 is 1.61 bits per heavy atom. The summed E-state index contributed by atoms with van der Waals surface area (Å²) in [6.45, 7) is 1.44. The first-order valence-electron chi connectivity index (χ1n) is 15.9. The molecule has 3 atom stereocenters. The molecule has 0 heterocycles. The van der Waals surface area contributed by atoms with E-state index in [4.69, 9.17) is 22.9 Å². The Labute approximate surface area is 271 Å². The molecule has 2 rings (SSSR count). The topological polar surface area (TPSA) is 233 Å². The lowest BCUT2D eigenvalue weighted by atomic mass is 10.0. The Bertz CT molecular complexity index is 1220. The molecule has 0 aliphatic heterocycles. The minimum Gasteiger partial charge on any atom is -0.370 e. The van der Waals surface area contributed by atoms with Crippen molar-refractivity contribution in [2.75, 3.05) is 19.6 Å². The number of amides is 4. The smallest absolute Gasteiger partial charge is 0.243 e. The monoisotopic (exact) mass is 637 g/mol. The fraction of sp³-hybridized carbons (Fsp3) is 0.485. The van der Waals surface area contributed by atoms with Crippen molar-refractivity contribution >= 4 is 29.6 Å². The van der Waals surface area contributed by atoms with Gasteiger partial charge in [0.25, 0.3) is 0 Å². The van der Waals surface area contributed by atoms with Crippen molar-refractivity contribution < 1.29 is 19.2 Å². The number of aliphatic imine (C=N–C) groups is 1. The number of nitrogens with two attached hydrogens (primary N) is 4. The third-order valence-electron chi connectivity index (χ3n) is 7.27. The zero-order valence-corrected chi connectivity index (χ0v) is 26.6. The highest BCUT2D eigenvalue weighted by atomic mass is 16.2. The van der Waals surface area contributed by atoms with Crippen LogP contribution in [-0.4, -0.2) is 67.3 Å². The van der Waals surface area contributed by atoms with Gasteiger partial charge < -0.3 is 44.2 Å². The van der Waals surface area contributed by atoms with Gasteiger partial charge in [0, 0.05) is 13.1 Å². The summed E-state index contributed by atoms with van der Waals surface area (Å²) in [4.78, 5) is 57.3. The van der Waals surface area contributed by atoms with Gasteiger partial charge >= 0.3 is 0 Å². The number of unbranched alkanes of at least 4 members (excludes halogenated alkanes) is 2. The van der Waals surface area contributed by atoms with Gasteiger partial charge in [-0.25, -0.2) is 0 Å². The maximum absolute atomic E-state index is 13.6. The quantitative estimate of drug-likeness (QED) is 0.0507. The van der Waals surface area contributed by atoms with Crippen LogP contribution in [0, 0.1) is 0 Å². The van der Waals surface area contributed by atoms with Crippen LogP contribution >= 0.6 is 0 Å². The van der Waals surface area contributed by atoms with E-state index >= 15 is 0 Å². The van der Waals surface area contributed by atoms with Crippen molar-refractivity contribution in [2.24, 2.45) is 27.9 Å². The predicted molar refractivity (Wildman–Crippen MR) is 180 cm³/mol. The predicted octanol–water partition coefficient (Wildman–Crippen LogP) is 0.312. The lowest BCUT2D eigenvalue weighted by Crippen LogP contribution is -2.56. The Morgan fingerprint density at radius 1 is 0.609 bits per heavy atom. The van der Waals surface area contributed by atoms with E-state index in [9.17, 15) is 19.2 Å². The van der Waals surface area contributed by atoms with Gasteiger partial charge in [-0.1, -0.05) is 60.7 Å². The van der Waals surface area contributed by atoms with Gasteiger partial charge in [-0.3, -0.25) is 24.2 Å². The average molecular weight is 638 g/mol. The molecule has 0 unspecified atom stereocenters. The van der Waals surface area contributed by atoms with Crippen molar-refractivity contribution in [3.05, 3.63) is 71.8 Å². The van der Waals surface area contributed by atoms with Crippen LogP contribution in [0.25, 0.3) is 0 Å². The zero-order chi connectivity index (χ0) is 33.6. The Hall–Kier alpha value is -4.49. The van der Waals surface area contributed by atoms with Gasteiger partial charge in [0.05, 0.1) is 6.42 Å². The van der Waals surface area contributed by atoms with E-state index in [0.717, 1.165) is 11.1 Å². The number of carbonyl (C=O) groups excluding carboxylic acids is 4. The molecule has 0 aliphatic carbocycles. The average Bonchev–Trinajstić information content (AvgIpc) is 3.04. The first-order chi connectivity index (χ1) is 22.2. The molecule has 12 N–H and O–H groups in total. The Morgan fingerprint density at radius 2 is 1.09 bits per heavy atom. The molecular weight excluding hydrogens is 586 g/mol. The highest BCUT2D eigenvalue weighted by Crippen LogP contribution is 2.09. The lowest BCUT2D eigenvalue weighted by Gasteiger charge is -2.25. The molecule has 46 heavy (non-hydrogen) atoms. The van der Waals surface area contributed by atoms with Crippen molar-refractivity contribution in [2.45, 2.75) is 82.5 Å². The van der Waals surface area contributed by atoms with Crippen molar-refractivity contribution in [1.82, 2.24) is 21.3 Å². The molecule has 4 amide bonds. The van der Waals surface area contributed by atoms with Gasteiger partial charge in [-0.05, 0) is 75.6 Å². The number of nitrogens with one attached hydrogen (secondary N) is 4. The number of nitrogens with zero attached hydrogens (tertiary/aromatic N) is 1. The molecule has 0 spiro atoms. The van der Waals surface area contributed by atoms with Crippen LogP contribution in [0.1, 0.15) is 62.5 Å². The first-order valence-corrected chi connectivity index (χ1v) is 15.9. The second kappa shape index (κ2) is 22.1. The van der Waals surface area contributed by atoms with Gasteiger partial charge in [0.15, 0.2) is 5.96 Å². The molecule has 252 valence electrons. The summed E-state index contributed by atoms with van der Waals surface area (Å²) in [5.41, 5.74) is 23.9. The molecular formula is C33H51N9O4. The minimum atomic E-state index is -0.954. The van der Waals surface area contributed by atoms with Gasteiger partial charge in [-0.15, -0.1) is 0 Å². The summed E-state index contributed by atoms with van der Waals surface area (Å²) >= 11 is 0. The molecule has 0 saturated heterocycles. The van der Waals surface area contributed by atoms with Crippen LogP contribution < -0.4 is 44.2 Å². The molecule has 0 fully saturated rings. The zero-order valence-electron chi connectivity index (χ0n) is 26.6. The maximum atomic E-state index is 13.6. The van der Waals surface area contributed by atoms with E-state index in [1.807, 2.05) is 60.7 Å². The number of benzene rings is 2. The molecule has 13 nitrogen and oxygen atoms in total. The standard InChI is InChI=1S/C33H51N9O4/c34-19-9-7-16-27(40-29(43)22-24-12-3-1-4-13-24)31(45)42-28(17-8-10-20-35)32(46)41-26(18-11-21-38-33(36)37)30(44)39-23-25-14-5-2-6-15-25/h1-6,12-15,26-28H,7-11,16-23,34-35H2,(H,39,44)(H,40,43)(H,41,46)(H,42,45)(H4,36,37,38)/t26-,27-,28-/m0/s1. The van der Waals surface area contributed by atoms with E-state index in [1.165, 1.54) is 0 Å². The Kier molecular flexibility index (Phi) is 18.1. The van der Waals surface area contributed by atoms with E-state index in [2.05, 4.69) is 26.3 Å². The van der Waals surface area contributed by atoms with Crippen LogP contribution in [0.5, 0.6) is 0 Å². The minimum absolute atomic E-state index is 0.0614. The summed E-state index contributed by atoms with van der Waals surface area (Å²) in [5.74, 6) is -1.73. The summed E-state index contributed by atoms with van der Waals surface area (Å²) in [6.07, 6.45) is 3.98. The van der Waals surface area contributed by atoms with Crippen molar-refractivity contribution in [3.63, 3.8) is 0 Å². The highest BCUT2D eigenvalue weighted by Gasteiger charge is 2.29. The normalized spacial score (nSPS) is 12.7. The van der Waals surface area contributed by atoms with Crippen LogP contribution in [0.4, 0.5) is 0 Å². The summed E-state index contributed by atoms with van der Waals surface area (Å²) in [6, 6.07) is 15.9. The maximum Gasteiger partial charge on any atom is 0.243 e. The summed E-state index contributed by atoms with van der Waals surface area (Å²) < 4.78 is 0. The third kappa shape index (κ3) is 15.5. The lowest BCUT2D eigenvalue weighted by molar-refractivity contribution is -0.134. The fourth-order valence-electron chi connectivity index (χ4n) is 4.78. The van der Waals surface area contributed by atoms with Crippen molar-refractivity contribution in [1.29, 1.82) is 0 Å². The number of carbonyl (C=O) groups is 4. The fourth-order valence-corrected chi connectivity index (χ4v) is 4.78. The molecule has 2 aromatic rings. The molecule has 0 aromatic heterocycles. The van der Waals surface area contributed by atoms with Crippen LogP contribution in [-0.2, 0) is 32.1 Å². The molecule has 0 aliphatic rings. The molecule has 2 aromatic carbocycles. The summed E-state index contributed by atoms with van der Waals surface area (Å²) in [7, 11) is 0. The molecule has 13 heteroatoms. The molecule has 0 bridgehead atoms. The van der Waals surface area contributed by atoms with Gasteiger partial charge in [0.2, 0.25) is 23.6 Å². The number of hydrogen-bond acceptors (Lipinski definition) is 7. The first kappa shape index (κ1) is 37.7. The summed E-state index contributed by atoms with van der Waals surface area (Å²) in [5, 5.41) is 11.4. The largest absolute Gasteiger partial charge is 0.370 e. The number of rotatable bonds is 22. The van der Waals surface area contributed by atoms with Crippen molar-refractivity contribution in [3.8, 4) is 0 Å². The van der Waals surface area contributed by atoms with Gasteiger partial charge in [-0.2, -0.15) is 0 Å². The molecule has 0 radical (unpaired) electrons. The third-order valence-corrected chi connectivity index (χ3v) is 7.27.